The van der Waals surface area contributed by atoms with Gasteiger partial charge in [0.2, 0.25) is 0 Å². The van der Waals surface area contributed by atoms with Crippen molar-refractivity contribution in [3.63, 3.8) is 0 Å². The average Bonchev–Trinajstić information content (AvgIpc) is 2.74. The Morgan fingerprint density at radius 1 is 1.50 bits per heavy atom. The van der Waals surface area contributed by atoms with Crippen LogP contribution in [0.25, 0.3) is 10.6 Å². The normalized spacial score (nSPS) is 10.7. The zero-order chi connectivity index (χ0) is 9.97. The number of thiophene rings is 1. The predicted molar refractivity (Wildman–Crippen MR) is 60.6 cm³/mol. The fourth-order valence-corrected chi connectivity index (χ4v) is 2.43. The highest BCUT2D eigenvalue weighted by molar-refractivity contribution is 7.13. The zero-order valence-corrected chi connectivity index (χ0v) is 9.34. The first kappa shape index (κ1) is 9.46. The summed E-state index contributed by atoms with van der Waals surface area (Å²) in [5, 5.41) is 6.49. The number of nitrogens with zero attached hydrogens (tertiary/aromatic N) is 2. The zero-order valence-electron chi connectivity index (χ0n) is 8.53. The van der Waals surface area contributed by atoms with Gasteiger partial charge in [-0.1, -0.05) is 6.92 Å². The van der Waals surface area contributed by atoms with Gasteiger partial charge in [-0.3, -0.25) is 4.68 Å². The van der Waals surface area contributed by atoms with Gasteiger partial charge >= 0.3 is 0 Å². The predicted octanol–water partition coefficient (Wildman–Crippen LogP) is 3.33. The molecule has 74 valence electrons. The molecule has 0 saturated carbocycles. The third-order valence-corrected chi connectivity index (χ3v) is 3.21. The first-order chi connectivity index (χ1) is 6.81. The minimum atomic E-state index is 0.999. The smallest absolute Gasteiger partial charge is 0.0782 e. The molecule has 0 aliphatic heterocycles. The fraction of sp³-hybridized carbons (Fsp3) is 0.364. The number of aromatic nitrogens is 2. The molecule has 0 saturated heterocycles. The Hall–Kier alpha value is -1.09. The van der Waals surface area contributed by atoms with Crippen LogP contribution in [0, 0.1) is 6.92 Å². The lowest BCUT2D eigenvalue weighted by molar-refractivity contribution is 0.609. The summed E-state index contributed by atoms with van der Waals surface area (Å²) >= 11 is 1.79. The molecule has 0 aliphatic rings. The number of aryl methyl sites for hydroxylation is 2. The molecule has 2 aromatic heterocycles. The van der Waals surface area contributed by atoms with Crippen LogP contribution in [0.4, 0.5) is 0 Å². The SMILES string of the molecule is CCCn1nccc1-c1cc(C)cs1. The molecule has 0 unspecified atom stereocenters. The molecule has 0 amide bonds. The van der Waals surface area contributed by atoms with Gasteiger partial charge < -0.3 is 0 Å². The van der Waals surface area contributed by atoms with Crippen LogP contribution in [0.3, 0.4) is 0 Å². The first-order valence-corrected chi connectivity index (χ1v) is 5.76. The molecule has 0 spiro atoms. The lowest BCUT2D eigenvalue weighted by atomic mass is 10.3. The molecule has 2 nitrogen and oxygen atoms in total. The van der Waals surface area contributed by atoms with Gasteiger partial charge in [0.05, 0.1) is 10.6 Å². The molecule has 0 N–H and O–H groups in total. The van der Waals surface area contributed by atoms with Crippen LogP contribution >= 0.6 is 11.3 Å². The van der Waals surface area contributed by atoms with E-state index in [2.05, 4.69) is 41.1 Å². The van der Waals surface area contributed by atoms with E-state index >= 15 is 0 Å². The van der Waals surface area contributed by atoms with E-state index in [1.165, 1.54) is 16.1 Å². The second kappa shape index (κ2) is 3.96. The van der Waals surface area contributed by atoms with Crippen molar-refractivity contribution in [2.75, 3.05) is 0 Å². The van der Waals surface area contributed by atoms with E-state index in [0.717, 1.165) is 13.0 Å². The molecule has 2 aromatic rings. The van der Waals surface area contributed by atoms with Crippen LogP contribution in [-0.4, -0.2) is 9.78 Å². The van der Waals surface area contributed by atoms with E-state index in [1.807, 2.05) is 6.20 Å². The quantitative estimate of drug-likeness (QED) is 0.753. The van der Waals surface area contributed by atoms with E-state index in [-0.39, 0.29) is 0 Å². The highest BCUT2D eigenvalue weighted by Crippen LogP contribution is 2.26. The number of hydrogen-bond acceptors (Lipinski definition) is 2. The molecule has 0 aromatic carbocycles. The Morgan fingerprint density at radius 2 is 2.36 bits per heavy atom. The summed E-state index contributed by atoms with van der Waals surface area (Å²) in [6.07, 6.45) is 3.00. The van der Waals surface area contributed by atoms with E-state index < -0.39 is 0 Å². The molecule has 0 aliphatic carbocycles. The summed E-state index contributed by atoms with van der Waals surface area (Å²) in [6.45, 7) is 5.30. The molecule has 3 heteroatoms. The van der Waals surface area contributed by atoms with Gasteiger partial charge in [-0.25, -0.2) is 0 Å². The van der Waals surface area contributed by atoms with Crippen LogP contribution < -0.4 is 0 Å². The van der Waals surface area contributed by atoms with E-state index in [1.54, 1.807) is 11.3 Å². The van der Waals surface area contributed by atoms with Crippen molar-refractivity contribution < 1.29 is 0 Å². The summed E-state index contributed by atoms with van der Waals surface area (Å²) in [4.78, 5) is 1.31. The van der Waals surface area contributed by atoms with E-state index in [9.17, 15) is 0 Å². The van der Waals surface area contributed by atoms with Crippen LogP contribution in [0.2, 0.25) is 0 Å². The lowest BCUT2D eigenvalue weighted by Crippen LogP contribution is -1.99. The maximum absolute atomic E-state index is 4.31. The molecule has 0 bridgehead atoms. The van der Waals surface area contributed by atoms with Crippen molar-refractivity contribution in [3.05, 3.63) is 29.3 Å². The van der Waals surface area contributed by atoms with Crippen LogP contribution in [0.5, 0.6) is 0 Å². The highest BCUT2D eigenvalue weighted by Gasteiger charge is 2.05. The Balaban J connectivity index is 2.36. The van der Waals surface area contributed by atoms with Crippen LogP contribution in [0.1, 0.15) is 18.9 Å². The second-order valence-electron chi connectivity index (χ2n) is 3.43. The topological polar surface area (TPSA) is 17.8 Å². The standard InChI is InChI=1S/C11H14N2S/c1-3-6-13-10(4-5-12-13)11-7-9(2)8-14-11/h4-5,7-8H,3,6H2,1-2H3. The fourth-order valence-electron chi connectivity index (χ4n) is 1.50. The van der Waals surface area contributed by atoms with Gasteiger partial charge in [0.15, 0.2) is 0 Å². The molecular weight excluding hydrogens is 192 g/mol. The van der Waals surface area contributed by atoms with Crippen molar-refractivity contribution in [1.29, 1.82) is 0 Å². The Kier molecular flexibility index (Phi) is 2.68. The van der Waals surface area contributed by atoms with Crippen molar-refractivity contribution in [2.45, 2.75) is 26.8 Å². The maximum Gasteiger partial charge on any atom is 0.0782 e. The van der Waals surface area contributed by atoms with Gasteiger partial charge in [-0.2, -0.15) is 5.10 Å². The van der Waals surface area contributed by atoms with Gasteiger partial charge in [0.1, 0.15) is 0 Å². The lowest BCUT2D eigenvalue weighted by Gasteiger charge is -2.02. The molecule has 14 heavy (non-hydrogen) atoms. The molecule has 2 heterocycles. The maximum atomic E-state index is 4.31. The first-order valence-electron chi connectivity index (χ1n) is 4.88. The summed E-state index contributed by atoms with van der Waals surface area (Å²) in [5.74, 6) is 0. The minimum Gasteiger partial charge on any atom is -0.264 e. The van der Waals surface area contributed by atoms with Crippen molar-refractivity contribution in [3.8, 4) is 10.6 Å². The monoisotopic (exact) mass is 206 g/mol. The molecular formula is C11H14N2S. The third-order valence-electron chi connectivity index (χ3n) is 2.13. The third kappa shape index (κ3) is 1.73. The number of hydrogen-bond donors (Lipinski definition) is 0. The molecule has 0 atom stereocenters. The Morgan fingerprint density at radius 3 is 3.00 bits per heavy atom. The van der Waals surface area contributed by atoms with Gasteiger partial charge in [-0.05, 0) is 36.4 Å². The van der Waals surface area contributed by atoms with Crippen molar-refractivity contribution in [2.24, 2.45) is 0 Å². The largest absolute Gasteiger partial charge is 0.264 e. The summed E-state index contributed by atoms with van der Waals surface area (Å²) in [7, 11) is 0. The molecule has 0 fully saturated rings. The molecule has 2 rings (SSSR count). The summed E-state index contributed by atoms with van der Waals surface area (Å²) < 4.78 is 2.07. The minimum absolute atomic E-state index is 0.999. The van der Waals surface area contributed by atoms with Gasteiger partial charge in [0, 0.05) is 12.7 Å². The van der Waals surface area contributed by atoms with E-state index in [0.29, 0.717) is 0 Å². The Bertz CT molecular complexity index is 414. The van der Waals surface area contributed by atoms with E-state index in [4.69, 9.17) is 0 Å². The van der Waals surface area contributed by atoms with Gasteiger partial charge in [-0.15, -0.1) is 11.3 Å². The average molecular weight is 206 g/mol. The van der Waals surface area contributed by atoms with Crippen LogP contribution in [0.15, 0.2) is 23.7 Å². The number of rotatable bonds is 3. The molecule has 0 radical (unpaired) electrons. The Labute approximate surface area is 88.2 Å². The van der Waals surface area contributed by atoms with Gasteiger partial charge in [0.25, 0.3) is 0 Å². The van der Waals surface area contributed by atoms with Crippen LogP contribution in [-0.2, 0) is 6.54 Å². The van der Waals surface area contributed by atoms with Crippen molar-refractivity contribution in [1.82, 2.24) is 9.78 Å². The summed E-state index contributed by atoms with van der Waals surface area (Å²) in [6, 6.07) is 4.30. The van der Waals surface area contributed by atoms with Crippen molar-refractivity contribution >= 4 is 11.3 Å². The second-order valence-corrected chi connectivity index (χ2v) is 4.34. The highest BCUT2D eigenvalue weighted by atomic mass is 32.1. The summed E-state index contributed by atoms with van der Waals surface area (Å²) in [5.41, 5.74) is 2.57.